The van der Waals surface area contributed by atoms with Crippen LogP contribution in [0.5, 0.6) is 11.5 Å². The number of benzene rings is 3. The first-order valence-corrected chi connectivity index (χ1v) is 13.4. The van der Waals surface area contributed by atoms with E-state index in [-0.39, 0.29) is 23.0 Å². The van der Waals surface area contributed by atoms with E-state index in [4.69, 9.17) is 44.9 Å². The van der Waals surface area contributed by atoms with Gasteiger partial charge in [-0.15, -0.1) is 0 Å². The molecule has 1 heterocycles. The molecule has 39 heavy (non-hydrogen) atoms. The van der Waals surface area contributed by atoms with Crippen molar-refractivity contribution in [2.75, 3.05) is 23.4 Å². The largest absolute Gasteiger partial charge is 0.490 e. The van der Waals surface area contributed by atoms with Crippen molar-refractivity contribution in [3.8, 4) is 11.5 Å². The number of nitrogens with zero attached hydrogens (tertiary/aromatic N) is 1. The van der Waals surface area contributed by atoms with E-state index in [1.54, 1.807) is 55.5 Å². The maximum absolute atomic E-state index is 13.3. The zero-order valence-corrected chi connectivity index (χ0v) is 24.2. The zero-order valence-electron chi connectivity index (χ0n) is 20.3. The summed E-state index contributed by atoms with van der Waals surface area (Å²) < 4.78 is 11.9. The van der Waals surface area contributed by atoms with Crippen LogP contribution in [0.3, 0.4) is 0 Å². The summed E-state index contributed by atoms with van der Waals surface area (Å²) >= 11 is 20.6. The van der Waals surface area contributed by atoms with Gasteiger partial charge in [-0.1, -0.05) is 41.4 Å². The molecule has 0 spiro atoms. The number of halogens is 3. The van der Waals surface area contributed by atoms with Crippen LogP contribution in [-0.4, -0.2) is 36.0 Å². The van der Waals surface area contributed by atoms with Crippen LogP contribution >= 0.6 is 51.3 Å². The predicted octanol–water partition coefficient (Wildman–Crippen LogP) is 6.00. The maximum atomic E-state index is 13.3. The average molecular weight is 649 g/mol. The van der Waals surface area contributed by atoms with E-state index in [1.807, 2.05) is 6.07 Å². The van der Waals surface area contributed by atoms with Crippen LogP contribution in [0.2, 0.25) is 10.0 Å². The molecule has 1 saturated heterocycles. The van der Waals surface area contributed by atoms with Crippen molar-refractivity contribution in [3.63, 3.8) is 0 Å². The van der Waals surface area contributed by atoms with Crippen molar-refractivity contribution in [3.05, 3.63) is 86.3 Å². The van der Waals surface area contributed by atoms with Gasteiger partial charge in [0.2, 0.25) is 0 Å². The lowest BCUT2D eigenvalue weighted by Crippen LogP contribution is -2.54. The second-order valence-corrected chi connectivity index (χ2v) is 10.1. The van der Waals surface area contributed by atoms with Gasteiger partial charge in [0.05, 0.1) is 26.8 Å². The van der Waals surface area contributed by atoms with Crippen molar-refractivity contribution in [1.82, 2.24) is 5.32 Å². The molecule has 200 valence electrons. The Labute approximate surface area is 248 Å². The fraction of sp³-hybridized carbons (Fsp3) is 0.111. The minimum Gasteiger partial charge on any atom is -0.490 e. The van der Waals surface area contributed by atoms with E-state index < -0.39 is 17.7 Å². The van der Waals surface area contributed by atoms with Gasteiger partial charge in [0.1, 0.15) is 5.57 Å². The third-order valence-corrected chi connectivity index (χ3v) is 6.92. The Balaban J connectivity index is 1.56. The van der Waals surface area contributed by atoms with Crippen LogP contribution in [-0.2, 0) is 14.4 Å². The molecule has 0 unspecified atom stereocenters. The number of carbonyl (C=O) groups is 3. The molecule has 1 aliphatic heterocycles. The molecule has 3 amide bonds. The summed E-state index contributed by atoms with van der Waals surface area (Å²) in [6.07, 6.45) is 1.43. The summed E-state index contributed by atoms with van der Waals surface area (Å²) in [5, 5.41) is 5.90. The monoisotopic (exact) mass is 647 g/mol. The van der Waals surface area contributed by atoms with Crippen molar-refractivity contribution in [1.29, 1.82) is 0 Å². The average Bonchev–Trinajstić information content (AvgIpc) is 2.89. The van der Waals surface area contributed by atoms with E-state index in [1.165, 1.54) is 17.0 Å². The molecule has 0 atom stereocenters. The number of hydrogen-bond donors (Lipinski definition) is 2. The molecule has 2 N–H and O–H groups in total. The Bertz CT molecular complexity index is 1500. The minimum atomic E-state index is -0.620. The third-order valence-electron chi connectivity index (χ3n) is 5.31. The number of thiocarbonyl (C=S) groups is 1. The number of rotatable bonds is 8. The molecule has 3 aromatic rings. The van der Waals surface area contributed by atoms with Crippen LogP contribution in [0.4, 0.5) is 11.4 Å². The summed E-state index contributed by atoms with van der Waals surface area (Å²) in [6.45, 7) is 1.76. The number of anilines is 2. The van der Waals surface area contributed by atoms with Crippen molar-refractivity contribution < 1.29 is 23.9 Å². The molecule has 8 nitrogen and oxygen atoms in total. The van der Waals surface area contributed by atoms with Gasteiger partial charge >= 0.3 is 0 Å². The molecule has 1 fully saturated rings. The Kier molecular flexibility index (Phi) is 9.24. The molecule has 0 aromatic heterocycles. The SMILES string of the molecule is CCOc1cc(/C=C2/C(=O)NC(=S)N(c3ccccc3)C2=O)cc(Br)c1OCC(=O)Nc1ccc(Cl)c(Cl)c1. The van der Waals surface area contributed by atoms with Crippen LogP contribution < -0.4 is 25.0 Å². The summed E-state index contributed by atoms with van der Waals surface area (Å²) in [5.41, 5.74) is 1.36. The summed E-state index contributed by atoms with van der Waals surface area (Å²) in [4.78, 5) is 39.7. The fourth-order valence-corrected chi connectivity index (χ4v) is 4.77. The summed E-state index contributed by atoms with van der Waals surface area (Å²) in [5.74, 6) is -1.04. The normalized spacial score (nSPS) is 14.3. The van der Waals surface area contributed by atoms with Gasteiger partial charge in [-0.3, -0.25) is 24.6 Å². The van der Waals surface area contributed by atoms with Crippen molar-refractivity contribution in [2.24, 2.45) is 0 Å². The maximum Gasteiger partial charge on any atom is 0.270 e. The number of nitrogens with one attached hydrogen (secondary N) is 2. The van der Waals surface area contributed by atoms with Crippen LogP contribution in [0.25, 0.3) is 6.08 Å². The van der Waals surface area contributed by atoms with Gasteiger partial charge in [0, 0.05) is 5.69 Å². The molecule has 0 aliphatic carbocycles. The van der Waals surface area contributed by atoms with Crippen LogP contribution in [0.15, 0.2) is 70.7 Å². The quantitative estimate of drug-likeness (QED) is 0.177. The second-order valence-electron chi connectivity index (χ2n) is 8.02. The molecule has 12 heteroatoms. The zero-order chi connectivity index (χ0) is 28.1. The lowest BCUT2D eigenvalue weighted by molar-refractivity contribution is -0.122. The van der Waals surface area contributed by atoms with E-state index in [0.717, 1.165) is 0 Å². The first-order chi connectivity index (χ1) is 18.7. The number of para-hydroxylation sites is 1. The van der Waals surface area contributed by atoms with E-state index in [9.17, 15) is 14.4 Å². The van der Waals surface area contributed by atoms with E-state index >= 15 is 0 Å². The summed E-state index contributed by atoms with van der Waals surface area (Å²) in [7, 11) is 0. The van der Waals surface area contributed by atoms with Gasteiger partial charge in [-0.25, -0.2) is 0 Å². The predicted molar refractivity (Wildman–Crippen MR) is 159 cm³/mol. The van der Waals surface area contributed by atoms with Gasteiger partial charge in [0.25, 0.3) is 17.7 Å². The highest BCUT2D eigenvalue weighted by Gasteiger charge is 2.34. The molecule has 1 aliphatic rings. The first-order valence-electron chi connectivity index (χ1n) is 11.5. The second kappa shape index (κ2) is 12.6. The van der Waals surface area contributed by atoms with Gasteiger partial charge in [0.15, 0.2) is 23.2 Å². The van der Waals surface area contributed by atoms with E-state index in [0.29, 0.717) is 43.8 Å². The number of amides is 3. The van der Waals surface area contributed by atoms with E-state index in [2.05, 4.69) is 26.6 Å². The Morgan fingerprint density at radius 2 is 1.82 bits per heavy atom. The Morgan fingerprint density at radius 3 is 2.51 bits per heavy atom. The Morgan fingerprint density at radius 1 is 1.08 bits per heavy atom. The van der Waals surface area contributed by atoms with Crippen molar-refractivity contribution >= 4 is 91.6 Å². The third kappa shape index (κ3) is 6.77. The lowest BCUT2D eigenvalue weighted by atomic mass is 10.1. The molecule has 3 aromatic carbocycles. The minimum absolute atomic E-state index is 0.00701. The highest BCUT2D eigenvalue weighted by atomic mass is 79.9. The standard InChI is InChI=1S/C27H20BrCl2N3O5S/c1-2-37-22-12-15(10-18-25(35)32-27(39)33(26(18)36)17-6-4-3-5-7-17)11-19(28)24(22)38-14-23(34)31-16-8-9-20(29)21(30)13-16/h3-13H,2,14H2,1H3,(H,31,34)(H,32,35,39)/b18-10-. The number of hydrogen-bond acceptors (Lipinski definition) is 6. The fourth-order valence-electron chi connectivity index (χ4n) is 3.62. The van der Waals surface area contributed by atoms with Crippen LogP contribution in [0.1, 0.15) is 12.5 Å². The van der Waals surface area contributed by atoms with Gasteiger partial charge in [-0.2, -0.15) is 0 Å². The molecular formula is C27H20BrCl2N3O5S. The summed E-state index contributed by atoms with van der Waals surface area (Å²) in [6, 6.07) is 16.7. The van der Waals surface area contributed by atoms with Crippen LogP contribution in [0, 0.1) is 0 Å². The molecule has 0 bridgehead atoms. The molecule has 0 saturated carbocycles. The molecular weight excluding hydrogens is 629 g/mol. The Hall–Kier alpha value is -3.44. The smallest absolute Gasteiger partial charge is 0.270 e. The van der Waals surface area contributed by atoms with Gasteiger partial charge < -0.3 is 14.8 Å². The molecule has 4 rings (SSSR count). The van der Waals surface area contributed by atoms with Gasteiger partial charge in [-0.05, 0) is 89.2 Å². The number of ether oxygens (including phenoxy) is 2. The topological polar surface area (TPSA) is 97.0 Å². The number of carbonyl (C=O) groups excluding carboxylic acids is 3. The molecule has 0 radical (unpaired) electrons. The highest BCUT2D eigenvalue weighted by molar-refractivity contribution is 9.10. The lowest BCUT2D eigenvalue weighted by Gasteiger charge is -2.28. The first kappa shape index (κ1) is 28.6. The van der Waals surface area contributed by atoms with Crippen molar-refractivity contribution in [2.45, 2.75) is 6.92 Å². The highest BCUT2D eigenvalue weighted by Crippen LogP contribution is 2.38.